The van der Waals surface area contributed by atoms with E-state index in [1.807, 2.05) is 29.2 Å². The summed E-state index contributed by atoms with van der Waals surface area (Å²) in [6.45, 7) is 5.81. The Morgan fingerprint density at radius 3 is 2.41 bits per heavy atom. The number of anilines is 1. The molecule has 1 aromatic heterocycles. The zero-order valence-corrected chi connectivity index (χ0v) is 15.8. The number of rotatable bonds is 5. The molecule has 0 atom stereocenters. The lowest BCUT2D eigenvalue weighted by Crippen LogP contribution is -2.49. The molecule has 1 aliphatic rings. The Morgan fingerprint density at radius 2 is 1.67 bits per heavy atom. The van der Waals surface area contributed by atoms with Gasteiger partial charge in [-0.1, -0.05) is 37.3 Å². The van der Waals surface area contributed by atoms with Crippen molar-refractivity contribution in [2.45, 2.75) is 26.3 Å². The van der Waals surface area contributed by atoms with Gasteiger partial charge in [0.1, 0.15) is 12.4 Å². The molecule has 0 aliphatic carbocycles. The summed E-state index contributed by atoms with van der Waals surface area (Å²) in [7, 11) is 0. The van der Waals surface area contributed by atoms with Gasteiger partial charge in [-0.3, -0.25) is 4.79 Å². The molecule has 140 valence electrons. The normalized spacial score (nSPS) is 14.7. The average molecular weight is 362 g/mol. The Labute approximate surface area is 160 Å². The van der Waals surface area contributed by atoms with Crippen LogP contribution in [0.25, 0.3) is 11.0 Å². The summed E-state index contributed by atoms with van der Waals surface area (Å²) in [6, 6.07) is 18.5. The molecule has 0 bridgehead atoms. The van der Waals surface area contributed by atoms with Gasteiger partial charge in [0, 0.05) is 38.3 Å². The molecular formula is C22H26N4O. The highest BCUT2D eigenvalue weighted by Crippen LogP contribution is 2.19. The summed E-state index contributed by atoms with van der Waals surface area (Å²) in [5.41, 5.74) is 3.26. The molecule has 5 heteroatoms. The molecule has 1 amide bonds. The van der Waals surface area contributed by atoms with Crippen LogP contribution in [0, 0.1) is 0 Å². The highest BCUT2D eigenvalue weighted by molar-refractivity contribution is 5.81. The molecule has 0 unspecified atom stereocenters. The van der Waals surface area contributed by atoms with Crippen molar-refractivity contribution >= 4 is 22.6 Å². The lowest BCUT2D eigenvalue weighted by molar-refractivity contribution is -0.132. The zero-order valence-electron chi connectivity index (χ0n) is 15.8. The lowest BCUT2D eigenvalue weighted by Gasteiger charge is -2.36. The first-order valence-electron chi connectivity index (χ1n) is 9.78. The molecule has 27 heavy (non-hydrogen) atoms. The van der Waals surface area contributed by atoms with Crippen LogP contribution in [0.2, 0.25) is 0 Å². The van der Waals surface area contributed by atoms with Gasteiger partial charge in [-0.05, 0) is 30.7 Å². The number of benzene rings is 2. The van der Waals surface area contributed by atoms with Crippen LogP contribution in [0.15, 0.2) is 54.6 Å². The van der Waals surface area contributed by atoms with Crippen LogP contribution in [0.3, 0.4) is 0 Å². The fourth-order valence-electron chi connectivity index (χ4n) is 3.80. The first kappa shape index (κ1) is 17.6. The van der Waals surface area contributed by atoms with Crippen molar-refractivity contribution < 1.29 is 4.79 Å². The van der Waals surface area contributed by atoms with Crippen molar-refractivity contribution in [1.82, 2.24) is 14.5 Å². The number of carbonyl (C=O) groups excluding carboxylic acids is 1. The maximum atomic E-state index is 13.0. The molecule has 1 fully saturated rings. The quantitative estimate of drug-likeness (QED) is 0.699. The average Bonchev–Trinajstić information content (AvgIpc) is 3.06. The second-order valence-electron chi connectivity index (χ2n) is 7.06. The zero-order chi connectivity index (χ0) is 18.6. The van der Waals surface area contributed by atoms with Gasteiger partial charge < -0.3 is 14.4 Å². The molecule has 2 heterocycles. The van der Waals surface area contributed by atoms with E-state index in [0.717, 1.165) is 55.9 Å². The van der Waals surface area contributed by atoms with E-state index < -0.39 is 0 Å². The van der Waals surface area contributed by atoms with Crippen LogP contribution < -0.4 is 4.90 Å². The second-order valence-corrected chi connectivity index (χ2v) is 7.06. The lowest BCUT2D eigenvalue weighted by atomic mass is 10.2. The van der Waals surface area contributed by atoms with Crippen molar-refractivity contribution in [3.63, 3.8) is 0 Å². The molecule has 4 rings (SSSR count). The van der Waals surface area contributed by atoms with Crippen LogP contribution in [0.1, 0.15) is 19.2 Å². The molecule has 0 spiro atoms. The Kier molecular flexibility index (Phi) is 5.10. The molecule has 2 aromatic carbocycles. The number of aromatic nitrogens is 2. The van der Waals surface area contributed by atoms with Gasteiger partial charge in [0.25, 0.3) is 0 Å². The third-order valence-corrected chi connectivity index (χ3v) is 5.25. The molecule has 0 N–H and O–H groups in total. The summed E-state index contributed by atoms with van der Waals surface area (Å²) in [4.78, 5) is 22.0. The second kappa shape index (κ2) is 7.82. The Bertz CT molecular complexity index is 910. The molecule has 5 nitrogen and oxygen atoms in total. The Balaban J connectivity index is 1.46. The number of hydrogen-bond acceptors (Lipinski definition) is 3. The fourth-order valence-corrected chi connectivity index (χ4v) is 3.80. The van der Waals surface area contributed by atoms with Crippen LogP contribution in [-0.2, 0) is 17.8 Å². The van der Waals surface area contributed by atoms with E-state index >= 15 is 0 Å². The number of piperazine rings is 1. The van der Waals surface area contributed by atoms with Crippen molar-refractivity contribution in [2.24, 2.45) is 0 Å². The van der Waals surface area contributed by atoms with Gasteiger partial charge in [0.05, 0.1) is 11.0 Å². The van der Waals surface area contributed by atoms with Crippen LogP contribution in [0.4, 0.5) is 5.69 Å². The number of carbonyl (C=O) groups is 1. The first-order valence-corrected chi connectivity index (χ1v) is 9.78. The topological polar surface area (TPSA) is 41.4 Å². The minimum atomic E-state index is 0.184. The van der Waals surface area contributed by atoms with Crippen molar-refractivity contribution in [3.8, 4) is 0 Å². The van der Waals surface area contributed by atoms with E-state index in [1.54, 1.807) is 0 Å². The van der Waals surface area contributed by atoms with E-state index in [-0.39, 0.29) is 5.91 Å². The Hall–Kier alpha value is -2.82. The molecule has 1 aliphatic heterocycles. The van der Waals surface area contributed by atoms with Gasteiger partial charge in [-0.2, -0.15) is 0 Å². The summed E-state index contributed by atoms with van der Waals surface area (Å²) in [6.07, 6.45) is 1.91. The minimum absolute atomic E-state index is 0.184. The number of nitrogens with zero attached hydrogens (tertiary/aromatic N) is 4. The molecular weight excluding hydrogens is 336 g/mol. The molecule has 1 saturated heterocycles. The standard InChI is InChI=1S/C22H26N4O/c1-2-8-21-23-19-11-6-7-12-20(19)26(21)17-22(27)25-15-13-24(14-16-25)18-9-4-3-5-10-18/h3-7,9-12H,2,8,13-17H2,1H3. The van der Waals surface area contributed by atoms with Crippen LogP contribution >= 0.6 is 0 Å². The predicted molar refractivity (Wildman–Crippen MR) is 109 cm³/mol. The maximum absolute atomic E-state index is 13.0. The minimum Gasteiger partial charge on any atom is -0.368 e. The fraction of sp³-hybridized carbons (Fsp3) is 0.364. The van der Waals surface area contributed by atoms with Crippen molar-refractivity contribution in [3.05, 3.63) is 60.4 Å². The van der Waals surface area contributed by atoms with Gasteiger partial charge in [-0.15, -0.1) is 0 Å². The summed E-state index contributed by atoms with van der Waals surface area (Å²) in [5, 5.41) is 0. The van der Waals surface area contributed by atoms with E-state index in [0.29, 0.717) is 6.54 Å². The van der Waals surface area contributed by atoms with Gasteiger partial charge >= 0.3 is 0 Å². The third-order valence-electron chi connectivity index (χ3n) is 5.25. The maximum Gasteiger partial charge on any atom is 0.242 e. The van der Waals surface area contributed by atoms with Crippen molar-refractivity contribution in [2.75, 3.05) is 31.1 Å². The smallest absolute Gasteiger partial charge is 0.242 e. The molecule has 0 saturated carbocycles. The molecule has 3 aromatic rings. The van der Waals surface area contributed by atoms with Crippen LogP contribution in [-0.4, -0.2) is 46.5 Å². The highest BCUT2D eigenvalue weighted by atomic mass is 16.2. The largest absolute Gasteiger partial charge is 0.368 e. The number of hydrogen-bond donors (Lipinski definition) is 0. The van der Waals surface area contributed by atoms with Crippen LogP contribution in [0.5, 0.6) is 0 Å². The first-order chi connectivity index (χ1) is 13.3. The number of para-hydroxylation sites is 3. The van der Waals surface area contributed by atoms with E-state index in [2.05, 4.69) is 46.7 Å². The summed E-state index contributed by atoms with van der Waals surface area (Å²) >= 11 is 0. The van der Waals surface area contributed by atoms with E-state index in [1.165, 1.54) is 5.69 Å². The molecule has 0 radical (unpaired) electrons. The van der Waals surface area contributed by atoms with E-state index in [9.17, 15) is 4.79 Å². The summed E-state index contributed by atoms with van der Waals surface area (Å²) < 4.78 is 2.10. The summed E-state index contributed by atoms with van der Waals surface area (Å²) in [5.74, 6) is 1.19. The SMILES string of the molecule is CCCc1nc2ccccc2n1CC(=O)N1CCN(c2ccccc2)CC1. The number of amides is 1. The third kappa shape index (κ3) is 3.68. The van der Waals surface area contributed by atoms with Crippen molar-refractivity contribution in [1.29, 1.82) is 0 Å². The number of aryl methyl sites for hydroxylation is 1. The highest BCUT2D eigenvalue weighted by Gasteiger charge is 2.22. The van der Waals surface area contributed by atoms with Gasteiger partial charge in [0.2, 0.25) is 5.91 Å². The predicted octanol–water partition coefficient (Wildman–Crippen LogP) is 3.34. The van der Waals surface area contributed by atoms with E-state index in [4.69, 9.17) is 4.98 Å². The number of fused-ring (bicyclic) bond motifs is 1. The van der Waals surface area contributed by atoms with Gasteiger partial charge in [0.15, 0.2) is 0 Å². The van der Waals surface area contributed by atoms with Gasteiger partial charge in [-0.25, -0.2) is 4.98 Å². The monoisotopic (exact) mass is 362 g/mol. The Morgan fingerprint density at radius 1 is 0.963 bits per heavy atom. The number of imidazole rings is 1.